The fraction of sp³-hybridized carbons (Fsp3) is 0.440. The molecular weight excluding hydrogens is 382 g/mol. The summed E-state index contributed by atoms with van der Waals surface area (Å²) in [5, 5.41) is 4.25. The van der Waals surface area contributed by atoms with Gasteiger partial charge in [0, 0.05) is 31.4 Å². The van der Waals surface area contributed by atoms with Gasteiger partial charge in [0.25, 0.3) is 0 Å². The van der Waals surface area contributed by atoms with E-state index in [-0.39, 0.29) is 11.7 Å². The minimum absolute atomic E-state index is 0.118. The van der Waals surface area contributed by atoms with Gasteiger partial charge in [-0.05, 0) is 43.4 Å². The lowest BCUT2D eigenvalue weighted by Gasteiger charge is -2.16. The SMILES string of the molecule is C=C/C=C(\C=C/C)C1=NNC(C)C1.CCCC(CC(=O)CC)c1ccc(F)cc1F. The van der Waals surface area contributed by atoms with Crippen molar-refractivity contribution in [1.29, 1.82) is 0 Å². The number of allylic oxidation sites excluding steroid dienone is 5. The maximum atomic E-state index is 13.6. The Morgan fingerprint density at radius 1 is 1.37 bits per heavy atom. The van der Waals surface area contributed by atoms with Crippen LogP contribution in [0.3, 0.4) is 0 Å². The first-order chi connectivity index (χ1) is 14.4. The van der Waals surface area contributed by atoms with Crippen LogP contribution in [-0.2, 0) is 4.79 Å². The topological polar surface area (TPSA) is 41.5 Å². The lowest BCUT2D eigenvalue weighted by Crippen LogP contribution is -2.13. The monoisotopic (exact) mass is 416 g/mol. The number of nitrogens with zero attached hydrogens (tertiary/aromatic N) is 1. The second-order valence-electron chi connectivity index (χ2n) is 7.40. The number of benzene rings is 1. The molecule has 2 unspecified atom stereocenters. The Morgan fingerprint density at radius 3 is 2.60 bits per heavy atom. The van der Waals surface area contributed by atoms with Crippen molar-refractivity contribution in [3.05, 3.63) is 71.9 Å². The molecule has 2 rings (SSSR count). The fourth-order valence-electron chi connectivity index (χ4n) is 3.27. The van der Waals surface area contributed by atoms with Crippen LogP contribution >= 0.6 is 0 Å². The molecular formula is C25H34F2N2O. The minimum atomic E-state index is -0.580. The highest BCUT2D eigenvalue weighted by atomic mass is 19.1. The molecule has 3 nitrogen and oxygen atoms in total. The molecule has 0 aliphatic carbocycles. The van der Waals surface area contributed by atoms with Crippen LogP contribution in [0.5, 0.6) is 0 Å². The number of hydrogen-bond donors (Lipinski definition) is 1. The molecule has 0 saturated carbocycles. The summed E-state index contributed by atoms with van der Waals surface area (Å²) in [6, 6.07) is 4.04. The molecule has 30 heavy (non-hydrogen) atoms. The highest BCUT2D eigenvalue weighted by molar-refractivity contribution is 6.03. The Balaban J connectivity index is 0.000000311. The van der Waals surface area contributed by atoms with Gasteiger partial charge in [-0.25, -0.2) is 8.78 Å². The Hall–Kier alpha value is -2.56. The lowest BCUT2D eigenvalue weighted by atomic mass is 9.89. The number of nitrogens with one attached hydrogen (secondary N) is 1. The van der Waals surface area contributed by atoms with E-state index in [9.17, 15) is 13.6 Å². The zero-order chi connectivity index (χ0) is 22.5. The number of rotatable bonds is 9. The molecule has 0 saturated heterocycles. The summed E-state index contributed by atoms with van der Waals surface area (Å²) in [7, 11) is 0. The molecule has 0 bridgehead atoms. The van der Waals surface area contributed by atoms with Gasteiger partial charge in [-0.15, -0.1) is 0 Å². The molecule has 0 aromatic heterocycles. The van der Waals surface area contributed by atoms with E-state index in [0.29, 0.717) is 24.4 Å². The van der Waals surface area contributed by atoms with Crippen molar-refractivity contribution in [2.24, 2.45) is 5.10 Å². The highest BCUT2D eigenvalue weighted by Gasteiger charge is 2.18. The number of halogens is 2. The molecule has 1 aliphatic heterocycles. The first kappa shape index (κ1) is 25.5. The molecule has 1 N–H and O–H groups in total. The average Bonchev–Trinajstić information content (AvgIpc) is 3.14. The van der Waals surface area contributed by atoms with Gasteiger partial charge in [-0.1, -0.05) is 57.2 Å². The van der Waals surface area contributed by atoms with Crippen molar-refractivity contribution in [1.82, 2.24) is 5.43 Å². The summed E-state index contributed by atoms with van der Waals surface area (Å²) in [5.74, 6) is -1.14. The molecule has 1 aliphatic rings. The predicted molar refractivity (Wildman–Crippen MR) is 122 cm³/mol. The van der Waals surface area contributed by atoms with Crippen LogP contribution in [0.15, 0.2) is 59.8 Å². The van der Waals surface area contributed by atoms with Gasteiger partial charge in [-0.2, -0.15) is 5.10 Å². The van der Waals surface area contributed by atoms with Crippen molar-refractivity contribution in [3.8, 4) is 0 Å². The number of ketones is 1. The van der Waals surface area contributed by atoms with Crippen molar-refractivity contribution >= 4 is 11.5 Å². The van der Waals surface area contributed by atoms with Gasteiger partial charge < -0.3 is 5.43 Å². The Labute approximate surface area is 179 Å². The molecule has 0 fully saturated rings. The third kappa shape index (κ3) is 8.44. The molecule has 0 spiro atoms. The van der Waals surface area contributed by atoms with Crippen LogP contribution < -0.4 is 5.43 Å². The van der Waals surface area contributed by atoms with Crippen molar-refractivity contribution in [3.63, 3.8) is 0 Å². The molecule has 1 aromatic rings. The van der Waals surface area contributed by atoms with Crippen LogP contribution in [0.2, 0.25) is 0 Å². The smallest absolute Gasteiger partial charge is 0.133 e. The highest BCUT2D eigenvalue weighted by Crippen LogP contribution is 2.28. The standard InChI is InChI=1S/C14H18F2O.C11H16N2/c1-3-5-10(8-12(17)4-2)13-7-6-11(15)9-14(13)16;1-4-6-10(7-5-2)11-8-9(3)12-13-11/h6-7,9-10H,3-5,8H2,1-2H3;4-7,9,12H,1,8H2,2-3H3/b;7-5-,10-6+. The zero-order valence-electron chi connectivity index (χ0n) is 18.6. The van der Waals surface area contributed by atoms with Crippen LogP contribution in [0, 0.1) is 11.6 Å². The second kappa shape index (κ2) is 13.6. The fourth-order valence-corrected chi connectivity index (χ4v) is 3.27. The third-order valence-electron chi connectivity index (χ3n) is 4.80. The molecule has 5 heteroatoms. The first-order valence-corrected chi connectivity index (χ1v) is 10.6. The van der Waals surface area contributed by atoms with E-state index in [4.69, 9.17) is 0 Å². The Morgan fingerprint density at radius 2 is 2.10 bits per heavy atom. The van der Waals surface area contributed by atoms with E-state index in [2.05, 4.69) is 30.1 Å². The van der Waals surface area contributed by atoms with Crippen molar-refractivity contribution < 1.29 is 13.6 Å². The summed E-state index contributed by atoms with van der Waals surface area (Å²) < 4.78 is 26.4. The third-order valence-corrected chi connectivity index (χ3v) is 4.80. The van der Waals surface area contributed by atoms with Crippen LogP contribution in [0.25, 0.3) is 0 Å². The van der Waals surface area contributed by atoms with Crippen LogP contribution in [0.1, 0.15) is 71.3 Å². The number of hydrazone groups is 1. The van der Waals surface area contributed by atoms with Gasteiger partial charge in [0.1, 0.15) is 17.4 Å². The molecule has 0 radical (unpaired) electrons. The Kier molecular flexibility index (Phi) is 11.6. The average molecular weight is 417 g/mol. The molecule has 0 amide bonds. The summed E-state index contributed by atoms with van der Waals surface area (Å²) in [6.45, 7) is 11.6. The molecule has 2 atom stereocenters. The summed E-state index contributed by atoms with van der Waals surface area (Å²) >= 11 is 0. The number of Topliss-reactive ketones (excluding diaryl/α,β-unsaturated/α-hetero) is 1. The number of hydrogen-bond acceptors (Lipinski definition) is 3. The van der Waals surface area contributed by atoms with Gasteiger partial charge in [0.2, 0.25) is 0 Å². The van der Waals surface area contributed by atoms with Crippen molar-refractivity contribution in [2.45, 2.75) is 71.8 Å². The maximum Gasteiger partial charge on any atom is 0.133 e. The molecule has 1 heterocycles. The van der Waals surface area contributed by atoms with Crippen LogP contribution in [-0.4, -0.2) is 17.5 Å². The van der Waals surface area contributed by atoms with Gasteiger partial charge in [-0.3, -0.25) is 4.79 Å². The van der Waals surface area contributed by atoms with Crippen LogP contribution in [0.4, 0.5) is 8.78 Å². The largest absolute Gasteiger partial charge is 0.307 e. The van der Waals surface area contributed by atoms with Gasteiger partial charge in [0.15, 0.2) is 0 Å². The van der Waals surface area contributed by atoms with Gasteiger partial charge in [0.05, 0.1) is 5.71 Å². The lowest BCUT2D eigenvalue weighted by molar-refractivity contribution is -0.119. The Bertz CT molecular complexity index is 796. The summed E-state index contributed by atoms with van der Waals surface area (Å²) in [4.78, 5) is 11.5. The predicted octanol–water partition coefficient (Wildman–Crippen LogP) is 6.63. The quantitative estimate of drug-likeness (QED) is 0.459. The molecule has 164 valence electrons. The minimum Gasteiger partial charge on any atom is -0.307 e. The van der Waals surface area contributed by atoms with E-state index in [1.165, 1.54) is 12.1 Å². The summed E-state index contributed by atoms with van der Waals surface area (Å²) in [5.41, 5.74) is 5.76. The number of carbonyl (C=O) groups is 1. The van der Waals surface area contributed by atoms with E-state index in [1.54, 1.807) is 13.0 Å². The van der Waals surface area contributed by atoms with E-state index in [1.807, 2.05) is 26.0 Å². The normalized spacial score (nSPS) is 17.1. The first-order valence-electron chi connectivity index (χ1n) is 10.6. The molecule has 1 aromatic carbocycles. The second-order valence-corrected chi connectivity index (χ2v) is 7.40. The maximum absolute atomic E-state index is 13.6. The van der Waals surface area contributed by atoms with E-state index < -0.39 is 11.6 Å². The van der Waals surface area contributed by atoms with E-state index >= 15 is 0 Å². The zero-order valence-corrected chi connectivity index (χ0v) is 18.6. The van der Waals surface area contributed by atoms with Crippen molar-refractivity contribution in [2.75, 3.05) is 0 Å². The van der Waals surface area contributed by atoms with Gasteiger partial charge >= 0.3 is 0 Å². The van der Waals surface area contributed by atoms with E-state index in [0.717, 1.165) is 36.6 Å². The number of carbonyl (C=O) groups excluding carboxylic acids is 1. The summed E-state index contributed by atoms with van der Waals surface area (Å²) in [6.07, 6.45) is 11.3.